The van der Waals surface area contributed by atoms with Crippen molar-refractivity contribution >= 4 is 45.2 Å². The Balaban J connectivity index is 1.38. The number of nitrogens with zero attached hydrogens (tertiary/aromatic N) is 3. The molecule has 2 aliphatic rings. The van der Waals surface area contributed by atoms with Crippen LogP contribution in [0.2, 0.25) is 5.02 Å². The number of fused-ring (bicyclic) bond motifs is 1. The summed E-state index contributed by atoms with van der Waals surface area (Å²) >= 11 is 7.80. The molecule has 4 rings (SSSR count). The Labute approximate surface area is 186 Å². The van der Waals surface area contributed by atoms with Crippen LogP contribution in [0.4, 0.5) is 4.79 Å². The molecule has 2 aromatic rings. The van der Waals surface area contributed by atoms with Crippen LogP contribution < -0.4 is 0 Å². The molecule has 8 heteroatoms. The normalized spacial score (nSPS) is 20.7. The highest BCUT2D eigenvalue weighted by molar-refractivity contribution is 7.18. The molecular weight excluding hydrogens is 422 g/mol. The summed E-state index contributed by atoms with van der Waals surface area (Å²) < 4.78 is 6.65. The fourth-order valence-corrected chi connectivity index (χ4v) is 5.50. The lowest BCUT2D eigenvalue weighted by Crippen LogP contribution is -2.50. The van der Waals surface area contributed by atoms with E-state index in [2.05, 4.69) is 0 Å². The number of halogens is 1. The molecule has 3 heterocycles. The highest BCUT2D eigenvalue weighted by Gasteiger charge is 2.39. The Hall–Kier alpha value is -1.86. The molecule has 0 aliphatic carbocycles. The molecule has 2 aliphatic heterocycles. The Kier molecular flexibility index (Phi) is 5.95. The van der Waals surface area contributed by atoms with Crippen molar-refractivity contribution in [3.63, 3.8) is 0 Å². The highest BCUT2D eigenvalue weighted by Crippen LogP contribution is 2.35. The minimum Gasteiger partial charge on any atom is -0.444 e. The number of aromatic nitrogens is 1. The average molecular weight is 450 g/mol. The Bertz CT molecular complexity index is 947. The summed E-state index contributed by atoms with van der Waals surface area (Å²) in [5.41, 5.74) is 0.382. The van der Waals surface area contributed by atoms with Crippen molar-refractivity contribution in [2.75, 3.05) is 19.6 Å². The Morgan fingerprint density at radius 1 is 1.17 bits per heavy atom. The van der Waals surface area contributed by atoms with Gasteiger partial charge < -0.3 is 9.64 Å². The van der Waals surface area contributed by atoms with Crippen molar-refractivity contribution in [1.82, 2.24) is 14.8 Å². The number of hydrogen-bond acceptors (Lipinski definition) is 5. The number of benzene rings is 1. The van der Waals surface area contributed by atoms with E-state index in [-0.39, 0.29) is 12.0 Å². The average Bonchev–Trinajstić information content (AvgIpc) is 3.33. The van der Waals surface area contributed by atoms with Crippen molar-refractivity contribution in [3.05, 3.63) is 28.2 Å². The van der Waals surface area contributed by atoms with E-state index in [1.54, 1.807) is 16.2 Å². The maximum atomic E-state index is 13.2. The zero-order valence-corrected chi connectivity index (χ0v) is 19.3. The molecule has 0 spiro atoms. The van der Waals surface area contributed by atoms with Gasteiger partial charge in [-0.05, 0) is 64.7 Å². The molecule has 2 amide bonds. The molecular formula is C22H28ClN3O3S. The van der Waals surface area contributed by atoms with E-state index in [0.717, 1.165) is 34.5 Å². The van der Waals surface area contributed by atoms with Gasteiger partial charge in [-0.25, -0.2) is 9.78 Å². The van der Waals surface area contributed by atoms with E-state index >= 15 is 0 Å². The van der Waals surface area contributed by atoms with Crippen molar-refractivity contribution in [2.45, 2.75) is 64.0 Å². The van der Waals surface area contributed by atoms with Gasteiger partial charge in [0.05, 0.1) is 15.2 Å². The smallest absolute Gasteiger partial charge is 0.410 e. The summed E-state index contributed by atoms with van der Waals surface area (Å²) in [4.78, 5) is 34.0. The third kappa shape index (κ3) is 4.57. The number of likely N-dealkylation sites (tertiary alicyclic amines) is 2. The lowest BCUT2D eigenvalue weighted by atomic mass is 9.97. The van der Waals surface area contributed by atoms with Crippen LogP contribution in [0.1, 0.15) is 57.4 Å². The van der Waals surface area contributed by atoms with Crippen LogP contribution in [0.25, 0.3) is 10.2 Å². The monoisotopic (exact) mass is 449 g/mol. The van der Waals surface area contributed by atoms with Gasteiger partial charge in [0.25, 0.3) is 0 Å². The summed E-state index contributed by atoms with van der Waals surface area (Å²) in [7, 11) is 0. The van der Waals surface area contributed by atoms with Crippen LogP contribution in [-0.2, 0) is 9.53 Å². The van der Waals surface area contributed by atoms with E-state index in [9.17, 15) is 9.59 Å². The minimum atomic E-state index is -0.562. The number of ether oxygens (including phenoxy) is 1. The molecule has 162 valence electrons. The van der Waals surface area contributed by atoms with Crippen LogP contribution in [0.3, 0.4) is 0 Å². The SMILES string of the molecule is CC(C)(C)OC(=O)N1CCC[C@H]1C(=O)N1CCC(c2nc3cc(Cl)ccc3s2)CC1. The van der Waals surface area contributed by atoms with Crippen LogP contribution >= 0.6 is 22.9 Å². The van der Waals surface area contributed by atoms with Crippen LogP contribution in [-0.4, -0.2) is 58.1 Å². The second-order valence-electron chi connectivity index (χ2n) is 9.10. The van der Waals surface area contributed by atoms with E-state index in [1.807, 2.05) is 43.9 Å². The number of amides is 2. The lowest BCUT2D eigenvalue weighted by Gasteiger charge is -2.35. The second-order valence-corrected chi connectivity index (χ2v) is 10.6. The molecule has 0 saturated carbocycles. The zero-order chi connectivity index (χ0) is 21.5. The molecule has 0 radical (unpaired) electrons. The second kappa shape index (κ2) is 8.35. The first kappa shape index (κ1) is 21.4. The van der Waals surface area contributed by atoms with Gasteiger partial charge in [-0.3, -0.25) is 9.69 Å². The first-order valence-electron chi connectivity index (χ1n) is 10.6. The number of carbonyl (C=O) groups excluding carboxylic acids is 2. The quantitative estimate of drug-likeness (QED) is 0.643. The first-order valence-corrected chi connectivity index (χ1v) is 11.7. The van der Waals surface area contributed by atoms with E-state index < -0.39 is 11.6 Å². The van der Waals surface area contributed by atoms with Gasteiger partial charge >= 0.3 is 6.09 Å². The number of rotatable bonds is 2. The molecule has 0 N–H and O–H groups in total. The van der Waals surface area contributed by atoms with Gasteiger partial charge in [0.2, 0.25) is 5.91 Å². The van der Waals surface area contributed by atoms with E-state index in [0.29, 0.717) is 37.0 Å². The highest BCUT2D eigenvalue weighted by atomic mass is 35.5. The number of hydrogen-bond donors (Lipinski definition) is 0. The number of piperidine rings is 1. The predicted molar refractivity (Wildman–Crippen MR) is 119 cm³/mol. The first-order chi connectivity index (χ1) is 14.2. The predicted octanol–water partition coefficient (Wildman–Crippen LogP) is 5.06. The topological polar surface area (TPSA) is 62.7 Å². The molecule has 1 aromatic carbocycles. The summed E-state index contributed by atoms with van der Waals surface area (Å²) in [5, 5.41) is 1.82. The molecule has 0 bridgehead atoms. The van der Waals surface area contributed by atoms with Crippen LogP contribution in [0.5, 0.6) is 0 Å². The van der Waals surface area contributed by atoms with E-state index in [4.69, 9.17) is 21.3 Å². The van der Waals surface area contributed by atoms with Gasteiger partial charge in [0.15, 0.2) is 0 Å². The summed E-state index contributed by atoms with van der Waals surface area (Å²) in [6, 6.07) is 5.41. The molecule has 2 saturated heterocycles. The molecule has 1 atom stereocenters. The maximum absolute atomic E-state index is 13.2. The number of carbonyl (C=O) groups is 2. The third-order valence-electron chi connectivity index (χ3n) is 5.69. The fraction of sp³-hybridized carbons (Fsp3) is 0.591. The molecule has 30 heavy (non-hydrogen) atoms. The van der Waals surface area contributed by atoms with Crippen molar-refractivity contribution in [3.8, 4) is 0 Å². The lowest BCUT2D eigenvalue weighted by molar-refractivity contribution is -0.137. The Morgan fingerprint density at radius 3 is 2.60 bits per heavy atom. The van der Waals surface area contributed by atoms with Crippen molar-refractivity contribution in [2.24, 2.45) is 0 Å². The largest absolute Gasteiger partial charge is 0.444 e. The van der Waals surface area contributed by atoms with Gasteiger partial charge in [0.1, 0.15) is 11.6 Å². The van der Waals surface area contributed by atoms with E-state index in [1.165, 1.54) is 0 Å². The van der Waals surface area contributed by atoms with Gasteiger partial charge in [-0.2, -0.15) is 0 Å². The minimum absolute atomic E-state index is 0.0490. The molecule has 0 unspecified atom stereocenters. The fourth-order valence-electron chi connectivity index (χ4n) is 4.21. The van der Waals surface area contributed by atoms with Crippen molar-refractivity contribution in [1.29, 1.82) is 0 Å². The van der Waals surface area contributed by atoms with Gasteiger partial charge in [-0.1, -0.05) is 11.6 Å². The number of thiazole rings is 1. The maximum Gasteiger partial charge on any atom is 0.410 e. The van der Waals surface area contributed by atoms with Crippen molar-refractivity contribution < 1.29 is 14.3 Å². The summed E-state index contributed by atoms with van der Waals surface area (Å²) in [6.07, 6.45) is 2.93. The van der Waals surface area contributed by atoms with Crippen LogP contribution in [0, 0.1) is 0 Å². The van der Waals surface area contributed by atoms with Gasteiger partial charge in [-0.15, -0.1) is 11.3 Å². The van der Waals surface area contributed by atoms with Gasteiger partial charge in [0, 0.05) is 30.6 Å². The molecule has 2 fully saturated rings. The zero-order valence-electron chi connectivity index (χ0n) is 17.7. The molecule has 1 aromatic heterocycles. The Morgan fingerprint density at radius 2 is 1.90 bits per heavy atom. The molecule has 6 nitrogen and oxygen atoms in total. The summed E-state index contributed by atoms with van der Waals surface area (Å²) in [6.45, 7) is 7.50. The van der Waals surface area contributed by atoms with Crippen LogP contribution in [0.15, 0.2) is 18.2 Å². The third-order valence-corrected chi connectivity index (χ3v) is 7.12. The standard InChI is InChI=1S/C22H28ClN3O3S/c1-22(2,3)29-21(28)26-10-4-5-17(26)20(27)25-11-8-14(9-12-25)19-24-16-13-15(23)6-7-18(16)30-19/h6-7,13-14,17H,4-5,8-12H2,1-3H3/t17-/m0/s1. The summed E-state index contributed by atoms with van der Waals surface area (Å²) in [5.74, 6) is 0.406.